The van der Waals surface area contributed by atoms with E-state index in [0.717, 1.165) is 6.07 Å². The smallest absolute Gasteiger partial charge is 0.410 e. The molecule has 0 radical (unpaired) electrons. The van der Waals surface area contributed by atoms with Crippen LogP contribution in [0.25, 0.3) is 0 Å². The van der Waals surface area contributed by atoms with Gasteiger partial charge in [-0.1, -0.05) is 11.6 Å². The number of carbonyl (C=O) groups is 1. The van der Waals surface area contributed by atoms with Crippen LogP contribution in [0.5, 0.6) is 5.75 Å². The fourth-order valence-corrected chi connectivity index (χ4v) is 1.87. The minimum absolute atomic E-state index is 0.0971. The predicted octanol–water partition coefficient (Wildman–Crippen LogP) is 5.37. The van der Waals surface area contributed by atoms with Crippen LogP contribution >= 0.6 is 11.6 Å². The first-order valence-electron chi connectivity index (χ1n) is 6.08. The van der Waals surface area contributed by atoms with Crippen molar-refractivity contribution in [1.29, 1.82) is 0 Å². The minimum atomic E-state index is -4.64. The van der Waals surface area contributed by atoms with Gasteiger partial charge < -0.3 is 4.74 Å². The van der Waals surface area contributed by atoms with Crippen molar-refractivity contribution >= 4 is 29.1 Å². The number of anilines is 1. The zero-order valence-electron chi connectivity index (χ0n) is 11.2. The van der Waals surface area contributed by atoms with E-state index in [4.69, 9.17) is 16.3 Å². The quantitative estimate of drug-likeness (QED) is 0.761. The Balaban J connectivity index is 2.09. The van der Waals surface area contributed by atoms with Crippen LogP contribution in [0.2, 0.25) is 5.02 Å². The average molecular weight is 345 g/mol. The number of hydrogen-bond acceptors (Lipinski definition) is 4. The van der Waals surface area contributed by atoms with E-state index in [1.165, 1.54) is 30.3 Å². The van der Waals surface area contributed by atoms with Gasteiger partial charge in [-0.15, -0.1) is 4.91 Å². The molecule has 0 heterocycles. The number of benzene rings is 2. The van der Waals surface area contributed by atoms with Crippen LogP contribution in [-0.2, 0) is 6.18 Å². The number of carbonyl (C=O) groups excluding carboxylic acids is 1. The van der Waals surface area contributed by atoms with Crippen molar-refractivity contribution in [2.75, 3.05) is 5.32 Å². The molecule has 0 aromatic heterocycles. The molecule has 0 aliphatic rings. The summed E-state index contributed by atoms with van der Waals surface area (Å²) in [6.45, 7) is 0. The molecule has 0 bridgehead atoms. The number of ether oxygens (including phenoxy) is 1. The van der Waals surface area contributed by atoms with Crippen LogP contribution in [0.1, 0.15) is 5.56 Å². The van der Waals surface area contributed by atoms with Crippen molar-refractivity contribution in [2.24, 2.45) is 5.18 Å². The van der Waals surface area contributed by atoms with Crippen LogP contribution in [0.15, 0.2) is 47.6 Å². The third-order valence-corrected chi connectivity index (χ3v) is 3.00. The van der Waals surface area contributed by atoms with E-state index in [1.54, 1.807) is 0 Å². The second-order valence-corrected chi connectivity index (χ2v) is 4.70. The lowest BCUT2D eigenvalue weighted by atomic mass is 10.2. The van der Waals surface area contributed by atoms with Gasteiger partial charge in [0.25, 0.3) is 0 Å². The Morgan fingerprint density at radius 3 is 2.35 bits per heavy atom. The maximum atomic E-state index is 12.7. The zero-order chi connectivity index (χ0) is 17.0. The van der Waals surface area contributed by atoms with E-state index in [-0.39, 0.29) is 17.1 Å². The molecule has 120 valence electrons. The van der Waals surface area contributed by atoms with E-state index >= 15 is 0 Å². The fraction of sp³-hybridized carbons (Fsp3) is 0.0714. The van der Waals surface area contributed by atoms with Gasteiger partial charge in [-0.2, -0.15) is 13.2 Å². The average Bonchev–Trinajstić information content (AvgIpc) is 2.49. The fourth-order valence-electron chi connectivity index (χ4n) is 1.65. The van der Waals surface area contributed by atoms with Gasteiger partial charge in [0.15, 0.2) is 0 Å². The van der Waals surface area contributed by atoms with E-state index in [0.29, 0.717) is 6.07 Å². The number of nitroso groups, excluding NO2 is 1. The SMILES string of the molecule is O=Nc1ccc(OC(=O)Nc2ccc(Cl)c(C(F)(F)F)c2)cc1. The number of nitrogens with one attached hydrogen (secondary N) is 1. The summed E-state index contributed by atoms with van der Waals surface area (Å²) in [4.78, 5) is 21.9. The monoisotopic (exact) mass is 344 g/mol. The Morgan fingerprint density at radius 1 is 1.13 bits per heavy atom. The zero-order valence-corrected chi connectivity index (χ0v) is 12.0. The first-order chi connectivity index (χ1) is 10.8. The molecule has 2 rings (SSSR count). The minimum Gasteiger partial charge on any atom is -0.410 e. The molecular formula is C14H8ClF3N2O3. The standard InChI is InChI=1S/C14H8ClF3N2O3/c15-12-6-3-9(7-11(12)14(16,17)18)19-13(21)23-10-4-1-8(20-22)2-5-10/h1-7H,(H,19,21). The van der Waals surface area contributed by atoms with Crippen molar-refractivity contribution in [3.63, 3.8) is 0 Å². The molecule has 0 saturated heterocycles. The van der Waals surface area contributed by atoms with E-state index in [1.807, 2.05) is 0 Å². The van der Waals surface area contributed by atoms with Crippen molar-refractivity contribution in [1.82, 2.24) is 0 Å². The molecule has 1 amide bonds. The first kappa shape index (κ1) is 16.8. The summed E-state index contributed by atoms with van der Waals surface area (Å²) in [6.07, 6.45) is -5.64. The van der Waals surface area contributed by atoms with Gasteiger partial charge in [0, 0.05) is 5.69 Å². The third kappa shape index (κ3) is 4.43. The van der Waals surface area contributed by atoms with Gasteiger partial charge in [-0.25, -0.2) is 4.79 Å². The molecule has 5 nitrogen and oxygen atoms in total. The van der Waals surface area contributed by atoms with E-state index in [9.17, 15) is 22.9 Å². The second kappa shape index (κ2) is 6.66. The highest BCUT2D eigenvalue weighted by molar-refractivity contribution is 6.31. The van der Waals surface area contributed by atoms with Crippen molar-refractivity contribution in [3.05, 3.63) is 58.0 Å². The maximum absolute atomic E-state index is 12.7. The lowest BCUT2D eigenvalue weighted by Gasteiger charge is -2.11. The number of alkyl halides is 3. The second-order valence-electron chi connectivity index (χ2n) is 4.29. The van der Waals surface area contributed by atoms with Gasteiger partial charge in [-0.05, 0) is 47.6 Å². The van der Waals surface area contributed by atoms with Gasteiger partial charge in [0.2, 0.25) is 0 Å². The molecule has 0 aliphatic heterocycles. The molecular weight excluding hydrogens is 337 g/mol. The highest BCUT2D eigenvalue weighted by Crippen LogP contribution is 2.36. The van der Waals surface area contributed by atoms with Crippen LogP contribution in [0.4, 0.5) is 29.3 Å². The van der Waals surface area contributed by atoms with Crippen molar-refractivity contribution < 1.29 is 22.7 Å². The van der Waals surface area contributed by atoms with Crippen molar-refractivity contribution in [3.8, 4) is 5.75 Å². The van der Waals surface area contributed by atoms with Gasteiger partial charge in [0.1, 0.15) is 11.4 Å². The number of halogens is 4. The summed E-state index contributed by atoms with van der Waals surface area (Å²) >= 11 is 5.48. The predicted molar refractivity (Wildman–Crippen MR) is 78.0 cm³/mol. The number of hydrogen-bond donors (Lipinski definition) is 1. The molecule has 0 atom stereocenters. The van der Waals surface area contributed by atoms with Crippen LogP contribution < -0.4 is 10.1 Å². The Bertz CT molecular complexity index is 733. The number of amides is 1. The summed E-state index contributed by atoms with van der Waals surface area (Å²) in [7, 11) is 0. The Hall–Kier alpha value is -2.61. The van der Waals surface area contributed by atoms with Gasteiger partial charge >= 0.3 is 12.3 Å². The van der Waals surface area contributed by atoms with Crippen LogP contribution in [0, 0.1) is 4.91 Å². The molecule has 0 fully saturated rings. The summed E-state index contributed by atoms with van der Waals surface area (Å²) in [5.41, 5.74) is -1.05. The third-order valence-electron chi connectivity index (χ3n) is 2.67. The largest absolute Gasteiger partial charge is 0.417 e. The maximum Gasteiger partial charge on any atom is 0.417 e. The summed E-state index contributed by atoms with van der Waals surface area (Å²) in [5, 5.41) is 4.35. The van der Waals surface area contributed by atoms with Crippen LogP contribution in [0.3, 0.4) is 0 Å². The van der Waals surface area contributed by atoms with E-state index in [2.05, 4.69) is 10.5 Å². The molecule has 9 heteroatoms. The lowest BCUT2D eigenvalue weighted by Crippen LogP contribution is -2.17. The molecule has 23 heavy (non-hydrogen) atoms. The van der Waals surface area contributed by atoms with Gasteiger partial charge in [-0.3, -0.25) is 5.32 Å². The van der Waals surface area contributed by atoms with Crippen LogP contribution in [-0.4, -0.2) is 6.09 Å². The summed E-state index contributed by atoms with van der Waals surface area (Å²) < 4.78 is 43.0. The number of rotatable bonds is 3. The molecule has 1 N–H and O–H groups in total. The Kier molecular flexibility index (Phi) is 4.85. The molecule has 0 saturated carbocycles. The number of nitrogens with zero attached hydrogens (tertiary/aromatic N) is 1. The first-order valence-corrected chi connectivity index (χ1v) is 6.46. The molecule has 0 spiro atoms. The Morgan fingerprint density at radius 2 is 1.78 bits per heavy atom. The lowest BCUT2D eigenvalue weighted by molar-refractivity contribution is -0.137. The van der Waals surface area contributed by atoms with Gasteiger partial charge in [0.05, 0.1) is 10.6 Å². The molecule has 0 unspecified atom stereocenters. The molecule has 0 aliphatic carbocycles. The normalized spacial score (nSPS) is 11.0. The van der Waals surface area contributed by atoms with Crippen molar-refractivity contribution in [2.45, 2.75) is 6.18 Å². The van der Waals surface area contributed by atoms with E-state index < -0.39 is 22.9 Å². The highest BCUT2D eigenvalue weighted by Gasteiger charge is 2.33. The summed E-state index contributed by atoms with van der Waals surface area (Å²) in [5.74, 6) is 0.0971. The molecule has 2 aromatic rings. The highest BCUT2D eigenvalue weighted by atomic mass is 35.5. The Labute approximate surface area is 133 Å². The molecule has 2 aromatic carbocycles. The topological polar surface area (TPSA) is 67.8 Å². The summed E-state index contributed by atoms with van der Waals surface area (Å²) in [6, 6.07) is 8.20.